The van der Waals surface area contributed by atoms with Crippen LogP contribution in [0, 0.1) is 0 Å². The molecule has 0 unspecified atom stereocenters. The lowest BCUT2D eigenvalue weighted by atomic mass is 11.9. The fourth-order valence-electron chi connectivity index (χ4n) is 0. The first kappa shape index (κ1) is 69.2. The van der Waals surface area contributed by atoms with Gasteiger partial charge < -0.3 is 15.7 Å². The quantitative estimate of drug-likeness (QED) is 0.327. The van der Waals surface area contributed by atoms with Crippen molar-refractivity contribution in [1.82, 2.24) is 0 Å². The zero-order valence-electron chi connectivity index (χ0n) is 2.12. The van der Waals surface area contributed by atoms with E-state index in [1.165, 1.54) is 0 Å². The monoisotopic (exact) mass is 66.0 g/mol. The van der Waals surface area contributed by atoms with Crippen molar-refractivity contribution in [2.24, 2.45) is 0 Å². The molecule has 0 aliphatic rings. The number of hydrogen-bond acceptors (Lipinski definition) is 1. The van der Waals surface area contributed by atoms with Crippen LogP contribution < -0.4 is 0 Å². The number of carbonyl (C=O) groups excluding carboxylic acids is 1. The zero-order valence-corrected chi connectivity index (χ0v) is 2.12. The molecule has 0 heterocycles. The molecule has 0 aromatic heterocycles. The van der Waals surface area contributed by atoms with Gasteiger partial charge in [0.2, 0.25) is 0 Å². The fraction of sp³-hybridized carbons (Fsp3) is 0. The third-order valence-corrected chi connectivity index (χ3v) is 0. The van der Waals surface area contributed by atoms with E-state index >= 15 is 0 Å². The van der Waals surface area contributed by atoms with Crippen molar-refractivity contribution in [1.29, 1.82) is 0 Å². The first-order chi connectivity index (χ1) is 1.00. The Morgan fingerprint density at radius 1 is 1.00 bits per heavy atom. The summed E-state index contributed by atoms with van der Waals surface area (Å²) < 4.78 is 0. The Balaban J connectivity index is -0.00000000500. The van der Waals surface area contributed by atoms with E-state index in [0.29, 0.717) is 0 Å². The first-order valence-corrected chi connectivity index (χ1v) is 0.289. The van der Waals surface area contributed by atoms with Crippen LogP contribution in [0.3, 0.4) is 0 Å². The Morgan fingerprint density at radius 2 is 1.00 bits per heavy atom. The van der Waals surface area contributed by atoms with Crippen LogP contribution in [0.4, 0.5) is 0 Å². The van der Waals surface area contributed by atoms with Gasteiger partial charge in [-0.2, -0.15) is 0 Å². The first-order valence-electron chi connectivity index (χ1n) is 0.289. The minimum atomic E-state index is 0. The van der Waals surface area contributed by atoms with E-state index in [2.05, 4.69) is 0 Å². The van der Waals surface area contributed by atoms with Gasteiger partial charge in [0, 0.05) is 0 Å². The van der Waals surface area contributed by atoms with Crippen molar-refractivity contribution in [3.05, 3.63) is 0 Å². The zero-order chi connectivity index (χ0) is 2.00. The Bertz CT molecular complexity index is 3.25. The summed E-state index contributed by atoms with van der Waals surface area (Å²) in [6.45, 7) is 2.00. The van der Waals surface area contributed by atoms with E-state index in [1.54, 1.807) is 0 Å². The maximum absolute atomic E-state index is 8.00. The molecule has 0 saturated heterocycles. The van der Waals surface area contributed by atoms with Crippen LogP contribution in [0.25, 0.3) is 0 Å². The SMILES string of the molecule is C=O.O.O. The van der Waals surface area contributed by atoms with Gasteiger partial charge >= 0.3 is 0 Å². The second kappa shape index (κ2) is 39.0. The van der Waals surface area contributed by atoms with Crippen molar-refractivity contribution in [3.63, 3.8) is 0 Å². The highest BCUT2D eigenvalue weighted by Gasteiger charge is 0.636. The van der Waals surface area contributed by atoms with E-state index in [4.69, 9.17) is 4.79 Å². The second-order valence-corrected chi connectivity index (χ2v) is 0. The highest BCUT2D eigenvalue weighted by molar-refractivity contribution is 5.10. The summed E-state index contributed by atoms with van der Waals surface area (Å²) in [5.41, 5.74) is 0. The average molecular weight is 66.1 g/mol. The van der Waals surface area contributed by atoms with Crippen molar-refractivity contribution in [3.8, 4) is 0 Å². The minimum absolute atomic E-state index is 0. The minimum Gasteiger partial charge on any atom is -0.412 e. The molecule has 4 heavy (non-hydrogen) atoms. The average Bonchev–Trinajstić information content (AvgIpc) is 1.00. The molecule has 28 valence electrons. The van der Waals surface area contributed by atoms with Crippen molar-refractivity contribution in [2.75, 3.05) is 0 Å². The Kier molecular flexibility index (Phi) is 674. The molecule has 0 saturated carbocycles. The smallest absolute Gasteiger partial charge is 0.106 e. The molecular formula is CH6O3. The number of hydrogen-bond donors (Lipinski definition) is 0. The van der Waals surface area contributed by atoms with E-state index in [-0.39, 0.29) is 11.0 Å². The van der Waals surface area contributed by atoms with Gasteiger partial charge in [0.1, 0.15) is 6.79 Å². The van der Waals surface area contributed by atoms with Crippen LogP contribution in [0.5, 0.6) is 0 Å². The molecule has 0 aromatic carbocycles. The van der Waals surface area contributed by atoms with Crippen LogP contribution in [0.1, 0.15) is 0 Å². The maximum atomic E-state index is 8.00. The Labute approximate surface area is 23.9 Å². The van der Waals surface area contributed by atoms with Crippen molar-refractivity contribution < 1.29 is 15.7 Å². The summed E-state index contributed by atoms with van der Waals surface area (Å²) in [6.07, 6.45) is 0. The van der Waals surface area contributed by atoms with Gasteiger partial charge in [0.25, 0.3) is 0 Å². The molecule has 0 atom stereocenters. The molecule has 3 nitrogen and oxygen atoms in total. The molecule has 0 spiro atoms. The summed E-state index contributed by atoms with van der Waals surface area (Å²) in [6, 6.07) is 0. The van der Waals surface area contributed by atoms with E-state index in [0.717, 1.165) is 0 Å². The van der Waals surface area contributed by atoms with Crippen molar-refractivity contribution in [2.45, 2.75) is 0 Å². The van der Waals surface area contributed by atoms with Crippen LogP contribution in [-0.2, 0) is 4.79 Å². The molecular weight excluding hydrogens is 60.0 g/mol. The van der Waals surface area contributed by atoms with Crippen LogP contribution in [0.15, 0.2) is 0 Å². The normalized spacial score (nSPS) is 1.00. The summed E-state index contributed by atoms with van der Waals surface area (Å²) in [7, 11) is 0. The van der Waals surface area contributed by atoms with Gasteiger partial charge in [-0.3, -0.25) is 0 Å². The molecule has 0 bridgehead atoms. The highest BCUT2D eigenvalue weighted by atomic mass is 16.1. The fourth-order valence-corrected chi connectivity index (χ4v) is 0. The predicted octanol–water partition coefficient (Wildman–Crippen LogP) is -1.83. The summed E-state index contributed by atoms with van der Waals surface area (Å²) in [4.78, 5) is 8.00. The van der Waals surface area contributed by atoms with E-state index in [1.807, 2.05) is 6.79 Å². The standard InChI is InChI=1S/CH2O.2H2O/c1-2;;/h1H2;2*1H2. The lowest BCUT2D eigenvalue weighted by Gasteiger charge is -0.837. The Morgan fingerprint density at radius 3 is 1.00 bits per heavy atom. The van der Waals surface area contributed by atoms with Crippen LogP contribution >= 0.6 is 0 Å². The van der Waals surface area contributed by atoms with Gasteiger partial charge in [-0.15, -0.1) is 0 Å². The van der Waals surface area contributed by atoms with Gasteiger partial charge in [0.05, 0.1) is 0 Å². The lowest BCUT2D eigenvalue weighted by molar-refractivity contribution is -0.0979. The molecule has 3 heteroatoms. The number of rotatable bonds is 0. The second-order valence-electron chi connectivity index (χ2n) is 0. The predicted molar refractivity (Wildman–Crippen MR) is 14.3 cm³/mol. The molecule has 0 aliphatic heterocycles. The highest BCUT2D eigenvalue weighted by Crippen LogP contribution is 0.494. The molecule has 0 aromatic rings. The molecule has 0 rings (SSSR count). The molecule has 0 fully saturated rings. The van der Waals surface area contributed by atoms with Crippen LogP contribution in [0.2, 0.25) is 0 Å². The summed E-state index contributed by atoms with van der Waals surface area (Å²) in [5.74, 6) is 0. The molecule has 0 radical (unpaired) electrons. The summed E-state index contributed by atoms with van der Waals surface area (Å²) >= 11 is 0. The van der Waals surface area contributed by atoms with Gasteiger partial charge in [-0.05, 0) is 0 Å². The van der Waals surface area contributed by atoms with E-state index in [9.17, 15) is 0 Å². The number of carbonyl (C=O) groups is 1. The third kappa shape index (κ3) is 3.29. The summed E-state index contributed by atoms with van der Waals surface area (Å²) in [5, 5.41) is 0. The maximum Gasteiger partial charge on any atom is 0.106 e. The molecule has 4 N–H and O–H groups in total. The van der Waals surface area contributed by atoms with Gasteiger partial charge in [-0.1, -0.05) is 0 Å². The molecule has 0 amide bonds. The lowest BCUT2D eigenvalue weighted by Crippen LogP contribution is -0.925. The molecule has 0 aliphatic carbocycles. The van der Waals surface area contributed by atoms with Gasteiger partial charge in [0.15, 0.2) is 0 Å². The topological polar surface area (TPSA) is 80.1 Å². The Hall–Kier alpha value is -0.410. The van der Waals surface area contributed by atoms with Crippen molar-refractivity contribution >= 4 is 6.79 Å². The van der Waals surface area contributed by atoms with E-state index < -0.39 is 0 Å². The largest absolute Gasteiger partial charge is 0.412 e. The third-order valence-electron chi connectivity index (χ3n) is 0. The van der Waals surface area contributed by atoms with Gasteiger partial charge in [-0.25, -0.2) is 0 Å². The van der Waals surface area contributed by atoms with Crippen LogP contribution in [-0.4, -0.2) is 17.7 Å².